The summed E-state index contributed by atoms with van der Waals surface area (Å²) in [5.74, 6) is -1.08. The lowest BCUT2D eigenvalue weighted by molar-refractivity contribution is -0.870. The summed E-state index contributed by atoms with van der Waals surface area (Å²) in [7, 11) is 6.42. The van der Waals surface area contributed by atoms with Gasteiger partial charge in [0.25, 0.3) is 0 Å². The Morgan fingerprint density at radius 3 is 2.40 bits per heavy atom. The van der Waals surface area contributed by atoms with Gasteiger partial charge in [-0.2, -0.15) is 4.99 Å². The molecule has 3 rings (SSSR count). The number of rotatable bonds is 10. The van der Waals surface area contributed by atoms with Crippen molar-refractivity contribution in [3.63, 3.8) is 0 Å². The molecule has 0 aliphatic carbocycles. The number of amides is 3. The number of hydrogen-bond acceptors (Lipinski definition) is 6. The summed E-state index contributed by atoms with van der Waals surface area (Å²) in [4.78, 5) is 38.9. The summed E-state index contributed by atoms with van der Waals surface area (Å²) >= 11 is 5.89. The number of benzene rings is 1. The second-order valence-electron chi connectivity index (χ2n) is 11.4. The van der Waals surface area contributed by atoms with E-state index in [4.69, 9.17) is 28.8 Å². The number of carbonyl (C=O) groups is 2. The minimum absolute atomic E-state index is 0.0291. The van der Waals surface area contributed by atoms with Gasteiger partial charge in [-0.15, -0.1) is 0 Å². The summed E-state index contributed by atoms with van der Waals surface area (Å²) in [6.45, 7) is 3.39. The number of nitrogens with zero attached hydrogens (tertiary/aromatic N) is 5. The molecular weight excluding hydrogens is 532 g/mol. The summed E-state index contributed by atoms with van der Waals surface area (Å²) in [6.07, 6.45) is 4.26. The Bertz CT molecular complexity index is 1190. The molecule has 218 valence electrons. The fraction of sp³-hybridized carbons (Fsp3) is 0.519. The normalized spacial score (nSPS) is 15.5. The number of anilines is 2. The van der Waals surface area contributed by atoms with Crippen LogP contribution in [0.1, 0.15) is 41.7 Å². The van der Waals surface area contributed by atoms with Crippen molar-refractivity contribution in [1.82, 2.24) is 25.5 Å². The highest BCUT2D eigenvalue weighted by Crippen LogP contribution is 2.36. The molecule has 0 atom stereocenters. The van der Waals surface area contributed by atoms with E-state index in [1.54, 1.807) is 0 Å². The largest absolute Gasteiger partial charge is 0.382 e. The molecule has 0 spiro atoms. The van der Waals surface area contributed by atoms with Crippen LogP contribution in [0.5, 0.6) is 0 Å². The average molecular weight is 574 g/mol. The van der Waals surface area contributed by atoms with Gasteiger partial charge in [0.15, 0.2) is 28.4 Å². The molecule has 0 radical (unpaired) electrons. The van der Waals surface area contributed by atoms with Crippen LogP contribution in [0.4, 0.5) is 16.4 Å². The smallest absolute Gasteiger partial charge is 0.317 e. The molecule has 13 heteroatoms. The van der Waals surface area contributed by atoms with Crippen LogP contribution in [0, 0.1) is 5.41 Å². The maximum absolute atomic E-state index is 12.8. The van der Waals surface area contributed by atoms with Crippen molar-refractivity contribution in [2.45, 2.75) is 32.1 Å². The third-order valence-corrected chi connectivity index (χ3v) is 7.43. The second-order valence-corrected chi connectivity index (χ2v) is 11.7. The number of halogens is 1. The molecule has 0 saturated carbocycles. The number of nitrogens with one attached hydrogen (secondary N) is 2. The number of aliphatic imine (C=N–C) groups is 1. The number of carbonyl (C=O) groups excluding carboxylic acids is 2. The van der Waals surface area contributed by atoms with Crippen molar-refractivity contribution in [2.24, 2.45) is 16.1 Å². The Balaban J connectivity index is 1.63. The fourth-order valence-electron chi connectivity index (χ4n) is 4.69. The number of aryl methyl sites for hydroxylation is 1. The van der Waals surface area contributed by atoms with Gasteiger partial charge >= 0.3 is 11.9 Å². The lowest BCUT2D eigenvalue weighted by atomic mass is 9.74. The average Bonchev–Trinajstić information content (AvgIpc) is 2.91. The molecular formula is C27H42ClN10O2+. The van der Waals surface area contributed by atoms with Gasteiger partial charge in [-0.05, 0) is 36.7 Å². The second kappa shape index (κ2) is 13.6. The lowest BCUT2D eigenvalue weighted by Crippen LogP contribution is -2.51. The Labute approximate surface area is 240 Å². The zero-order valence-corrected chi connectivity index (χ0v) is 24.4. The van der Waals surface area contributed by atoms with Crippen molar-refractivity contribution in [1.29, 1.82) is 0 Å². The highest BCUT2D eigenvalue weighted by atomic mass is 35.5. The van der Waals surface area contributed by atoms with Crippen LogP contribution in [0.2, 0.25) is 5.15 Å². The molecule has 2 heterocycles. The van der Waals surface area contributed by atoms with Crippen molar-refractivity contribution >= 4 is 41.1 Å². The van der Waals surface area contributed by atoms with Crippen LogP contribution >= 0.6 is 11.6 Å². The van der Waals surface area contributed by atoms with Crippen molar-refractivity contribution in [3.8, 4) is 0 Å². The van der Waals surface area contributed by atoms with Crippen molar-refractivity contribution in [2.75, 3.05) is 65.3 Å². The molecule has 12 nitrogen and oxygen atoms in total. The van der Waals surface area contributed by atoms with Crippen molar-refractivity contribution in [3.05, 3.63) is 46.7 Å². The van der Waals surface area contributed by atoms with Crippen LogP contribution in [-0.4, -0.2) is 91.1 Å². The SMILES string of the molecule is C[N+](C)(C)CCCNC(=O)N1CCC(CCc2ccccc2)(CN/C(N)=N/C(=O)c2nc(Cl)c(N)nc2N)CC1. The van der Waals surface area contributed by atoms with Gasteiger partial charge in [0.1, 0.15) is 0 Å². The maximum atomic E-state index is 12.8. The molecule has 3 amide bonds. The molecule has 1 saturated heterocycles. The van der Waals surface area contributed by atoms with Crippen LogP contribution in [-0.2, 0) is 6.42 Å². The third-order valence-electron chi connectivity index (χ3n) is 7.15. The van der Waals surface area contributed by atoms with Gasteiger partial charge in [0.05, 0.1) is 27.7 Å². The standard InChI is InChI=1S/C27H41ClN10O2/c1-38(2,3)17-7-14-32-26(40)37-15-12-27(13-16-37,11-10-19-8-5-4-6-9-19)18-33-25(31)36-24(39)20-22(29)35-23(30)21(28)34-20/h4-6,8-9H,7,10-18H2,1-3H3,(H7-,29,30,31,32,33,35,36,39,40)/p+1. The van der Waals surface area contributed by atoms with Gasteiger partial charge in [-0.25, -0.2) is 14.8 Å². The van der Waals surface area contributed by atoms with E-state index in [1.807, 2.05) is 23.1 Å². The Morgan fingerprint density at radius 2 is 1.75 bits per heavy atom. The number of quaternary nitrogens is 1. The van der Waals surface area contributed by atoms with E-state index in [0.717, 1.165) is 43.1 Å². The van der Waals surface area contributed by atoms with Crippen LogP contribution < -0.4 is 27.8 Å². The van der Waals surface area contributed by atoms with Gasteiger partial charge in [-0.3, -0.25) is 4.79 Å². The maximum Gasteiger partial charge on any atom is 0.317 e. The number of nitrogen functional groups attached to an aromatic ring is 2. The monoisotopic (exact) mass is 573 g/mol. The number of piperidine rings is 1. The molecule has 1 aromatic carbocycles. The minimum Gasteiger partial charge on any atom is -0.382 e. The van der Waals surface area contributed by atoms with E-state index in [0.29, 0.717) is 26.2 Å². The Morgan fingerprint density at radius 1 is 1.07 bits per heavy atom. The highest BCUT2D eigenvalue weighted by Gasteiger charge is 2.36. The number of guanidine groups is 1. The number of aromatic nitrogens is 2. The number of urea groups is 1. The first-order chi connectivity index (χ1) is 18.9. The summed E-state index contributed by atoms with van der Waals surface area (Å²) in [5, 5.41) is 6.04. The van der Waals surface area contributed by atoms with Gasteiger partial charge in [0.2, 0.25) is 0 Å². The van der Waals surface area contributed by atoms with Crippen LogP contribution in [0.3, 0.4) is 0 Å². The quantitative estimate of drug-likeness (QED) is 0.124. The van der Waals surface area contributed by atoms with Gasteiger partial charge < -0.3 is 37.2 Å². The fourth-order valence-corrected chi connectivity index (χ4v) is 4.82. The van der Waals surface area contributed by atoms with E-state index < -0.39 is 5.91 Å². The van der Waals surface area contributed by atoms with E-state index >= 15 is 0 Å². The molecule has 8 N–H and O–H groups in total. The summed E-state index contributed by atoms with van der Waals surface area (Å²) in [6, 6.07) is 10.2. The number of likely N-dealkylation sites (tertiary alicyclic amines) is 1. The third kappa shape index (κ3) is 9.23. The first kappa shape index (κ1) is 30.9. The molecule has 1 aliphatic heterocycles. The summed E-state index contributed by atoms with van der Waals surface area (Å²) < 4.78 is 0.864. The highest BCUT2D eigenvalue weighted by molar-refractivity contribution is 6.31. The van der Waals surface area contributed by atoms with Gasteiger partial charge in [0, 0.05) is 32.6 Å². The number of nitrogens with two attached hydrogens (primary N) is 3. The molecule has 1 aliphatic rings. The van der Waals surface area contributed by atoms with Gasteiger partial charge in [-0.1, -0.05) is 41.9 Å². The zero-order chi connectivity index (χ0) is 29.3. The van der Waals surface area contributed by atoms with E-state index in [9.17, 15) is 9.59 Å². The summed E-state index contributed by atoms with van der Waals surface area (Å²) in [5.41, 5.74) is 18.3. The molecule has 1 aromatic heterocycles. The molecule has 40 heavy (non-hydrogen) atoms. The zero-order valence-electron chi connectivity index (χ0n) is 23.6. The minimum atomic E-state index is -0.771. The first-order valence-corrected chi connectivity index (χ1v) is 13.8. The molecule has 0 unspecified atom stereocenters. The predicted molar refractivity (Wildman–Crippen MR) is 159 cm³/mol. The Kier molecular flexibility index (Phi) is 10.5. The van der Waals surface area contributed by atoms with Crippen LogP contribution in [0.15, 0.2) is 35.3 Å². The molecule has 1 fully saturated rings. The lowest BCUT2D eigenvalue weighted by Gasteiger charge is -2.42. The Hall–Kier alpha value is -3.64. The topological polar surface area (TPSA) is 178 Å². The predicted octanol–water partition coefficient (Wildman–Crippen LogP) is 1.86. The number of hydrogen-bond donors (Lipinski definition) is 5. The van der Waals surface area contributed by atoms with E-state index in [1.165, 1.54) is 5.56 Å². The van der Waals surface area contributed by atoms with Crippen molar-refractivity contribution < 1.29 is 14.1 Å². The van der Waals surface area contributed by atoms with E-state index in [2.05, 4.69) is 58.9 Å². The first-order valence-electron chi connectivity index (χ1n) is 13.5. The van der Waals surface area contributed by atoms with Crippen LogP contribution in [0.25, 0.3) is 0 Å². The van der Waals surface area contributed by atoms with E-state index in [-0.39, 0.29) is 39.9 Å². The molecule has 2 aromatic rings. The molecule has 0 bridgehead atoms.